The van der Waals surface area contributed by atoms with E-state index in [1.807, 2.05) is 13.0 Å². The second-order valence-electron chi connectivity index (χ2n) is 8.14. The van der Waals surface area contributed by atoms with Gasteiger partial charge in [0.2, 0.25) is 0 Å². The fraction of sp³-hybridized carbons (Fsp3) is 0.360. The van der Waals surface area contributed by atoms with Gasteiger partial charge in [-0.1, -0.05) is 77.3 Å². The van der Waals surface area contributed by atoms with E-state index in [0.717, 1.165) is 22.3 Å². The highest BCUT2D eigenvalue weighted by atomic mass is 19.1. The standard InChI is InChI=1S/C25H33F/c1-10-21(18(4)15-16-24(26)17(2)3)19(5)22-13-11-12-14-23(22)20(6)25(7,8)9/h10-16,20H,1,5H2,2-4,6-9H3/b16-15-,21-18-. The van der Waals surface area contributed by atoms with E-state index in [9.17, 15) is 4.39 Å². The van der Waals surface area contributed by atoms with Crippen LogP contribution in [0.4, 0.5) is 4.39 Å². The average molecular weight is 353 g/mol. The molecule has 0 aliphatic carbocycles. The number of benzene rings is 1. The summed E-state index contributed by atoms with van der Waals surface area (Å²) in [5, 5.41) is 0. The predicted octanol–water partition coefficient (Wildman–Crippen LogP) is 8.17. The Hall–Kier alpha value is -2.15. The summed E-state index contributed by atoms with van der Waals surface area (Å²) in [5.41, 5.74) is 6.02. The lowest BCUT2D eigenvalue weighted by molar-refractivity contribution is 0.339. The van der Waals surface area contributed by atoms with Crippen molar-refractivity contribution in [3.8, 4) is 0 Å². The summed E-state index contributed by atoms with van der Waals surface area (Å²) in [5.74, 6) is 0.167. The smallest absolute Gasteiger partial charge is 0.121 e. The number of hydrogen-bond acceptors (Lipinski definition) is 0. The van der Waals surface area contributed by atoms with Gasteiger partial charge in [0.1, 0.15) is 5.83 Å². The molecule has 1 aromatic rings. The van der Waals surface area contributed by atoms with Gasteiger partial charge in [-0.2, -0.15) is 0 Å². The zero-order valence-corrected chi connectivity index (χ0v) is 17.4. The summed E-state index contributed by atoms with van der Waals surface area (Å²) in [4.78, 5) is 0. The molecule has 0 aliphatic rings. The van der Waals surface area contributed by atoms with Gasteiger partial charge in [0.25, 0.3) is 0 Å². The molecule has 0 saturated heterocycles. The minimum Gasteiger partial charge on any atom is -0.207 e. The van der Waals surface area contributed by atoms with Gasteiger partial charge in [-0.25, -0.2) is 4.39 Å². The molecule has 0 N–H and O–H groups in total. The summed E-state index contributed by atoms with van der Waals surface area (Å²) in [6, 6.07) is 8.39. The van der Waals surface area contributed by atoms with Gasteiger partial charge in [-0.15, -0.1) is 0 Å². The number of rotatable bonds is 6. The van der Waals surface area contributed by atoms with Gasteiger partial charge in [-0.05, 0) is 71.6 Å². The number of allylic oxidation sites excluding steroid dienone is 8. The fourth-order valence-electron chi connectivity index (χ4n) is 2.74. The molecule has 140 valence electrons. The van der Waals surface area contributed by atoms with E-state index >= 15 is 0 Å². The molecular formula is C25H33F. The molecule has 1 rings (SSSR count). The Kier molecular flexibility index (Phi) is 7.56. The maximum Gasteiger partial charge on any atom is 0.121 e. The van der Waals surface area contributed by atoms with Crippen molar-refractivity contribution in [1.82, 2.24) is 0 Å². The van der Waals surface area contributed by atoms with E-state index < -0.39 is 0 Å². The van der Waals surface area contributed by atoms with Gasteiger partial charge < -0.3 is 0 Å². The summed E-state index contributed by atoms with van der Waals surface area (Å²) in [7, 11) is 0. The number of hydrogen-bond donors (Lipinski definition) is 0. The minimum absolute atomic E-state index is 0.149. The third kappa shape index (κ3) is 5.42. The summed E-state index contributed by atoms with van der Waals surface area (Å²) >= 11 is 0. The summed E-state index contributed by atoms with van der Waals surface area (Å²) < 4.78 is 13.8. The van der Waals surface area contributed by atoms with Crippen molar-refractivity contribution in [2.45, 2.75) is 54.4 Å². The monoisotopic (exact) mass is 352 g/mol. The topological polar surface area (TPSA) is 0 Å². The van der Waals surface area contributed by atoms with Crippen molar-refractivity contribution in [2.24, 2.45) is 5.41 Å². The zero-order chi connectivity index (χ0) is 20.1. The van der Waals surface area contributed by atoms with Gasteiger partial charge >= 0.3 is 0 Å². The lowest BCUT2D eigenvalue weighted by atomic mass is 9.75. The molecule has 1 atom stereocenters. The van der Waals surface area contributed by atoms with E-state index in [1.165, 1.54) is 11.6 Å². The molecule has 1 unspecified atom stereocenters. The fourth-order valence-corrected chi connectivity index (χ4v) is 2.74. The van der Waals surface area contributed by atoms with E-state index in [4.69, 9.17) is 0 Å². The van der Waals surface area contributed by atoms with Crippen molar-refractivity contribution in [3.63, 3.8) is 0 Å². The second kappa shape index (κ2) is 8.98. The van der Waals surface area contributed by atoms with Crippen molar-refractivity contribution in [3.05, 3.63) is 89.3 Å². The molecule has 0 saturated carbocycles. The first kappa shape index (κ1) is 21.9. The molecule has 0 heterocycles. The average Bonchev–Trinajstić information content (AvgIpc) is 2.58. The molecule has 0 spiro atoms. The van der Waals surface area contributed by atoms with Crippen molar-refractivity contribution >= 4 is 5.57 Å². The zero-order valence-electron chi connectivity index (χ0n) is 17.4. The van der Waals surface area contributed by atoms with Gasteiger partial charge in [-0.3, -0.25) is 0 Å². The maximum absolute atomic E-state index is 13.8. The third-order valence-electron chi connectivity index (χ3n) is 4.96. The Morgan fingerprint density at radius 2 is 1.65 bits per heavy atom. The van der Waals surface area contributed by atoms with Gasteiger partial charge in [0.15, 0.2) is 0 Å². The van der Waals surface area contributed by atoms with Gasteiger partial charge in [0, 0.05) is 0 Å². The Morgan fingerprint density at radius 3 is 2.15 bits per heavy atom. The second-order valence-corrected chi connectivity index (χ2v) is 8.14. The molecule has 26 heavy (non-hydrogen) atoms. The Bertz CT molecular complexity index is 760. The molecule has 0 bridgehead atoms. The molecule has 0 fully saturated rings. The minimum atomic E-state index is -0.208. The largest absolute Gasteiger partial charge is 0.207 e. The normalized spacial score (nSPS) is 14.0. The van der Waals surface area contributed by atoms with Crippen molar-refractivity contribution < 1.29 is 4.39 Å². The first-order chi connectivity index (χ1) is 12.0. The van der Waals surface area contributed by atoms with Crippen LogP contribution in [0.5, 0.6) is 0 Å². The van der Waals surface area contributed by atoms with Crippen LogP contribution in [0.15, 0.2) is 78.2 Å². The summed E-state index contributed by atoms with van der Waals surface area (Å²) in [6.45, 7) is 22.8. The van der Waals surface area contributed by atoms with Crippen molar-refractivity contribution in [2.75, 3.05) is 0 Å². The Balaban J connectivity index is 3.40. The van der Waals surface area contributed by atoms with Crippen LogP contribution in [0, 0.1) is 5.41 Å². The highest BCUT2D eigenvalue weighted by molar-refractivity contribution is 5.83. The molecule has 0 aromatic heterocycles. The molecule has 1 aromatic carbocycles. The molecule has 0 aliphatic heterocycles. The van der Waals surface area contributed by atoms with Crippen molar-refractivity contribution in [1.29, 1.82) is 0 Å². The van der Waals surface area contributed by atoms with E-state index in [2.05, 4.69) is 59.1 Å². The highest BCUT2D eigenvalue weighted by Gasteiger charge is 2.24. The highest BCUT2D eigenvalue weighted by Crippen LogP contribution is 2.39. The first-order valence-electron chi connectivity index (χ1n) is 9.13. The summed E-state index contributed by atoms with van der Waals surface area (Å²) in [6.07, 6.45) is 5.10. The SMILES string of the molecule is C=C/C(C(=C)c1ccccc1C(C)C(C)(C)C)=C(C)/C=C\C(F)=C(C)C. The van der Waals surface area contributed by atoms with Crippen LogP contribution in [0.1, 0.15) is 65.5 Å². The number of halogens is 1. The quantitative estimate of drug-likeness (QED) is 0.453. The van der Waals surface area contributed by atoms with E-state index in [0.29, 0.717) is 11.5 Å². The molecule has 1 heteroatoms. The van der Waals surface area contributed by atoms with Crippen LogP contribution < -0.4 is 0 Å². The van der Waals surface area contributed by atoms with E-state index in [1.54, 1.807) is 26.0 Å². The van der Waals surface area contributed by atoms with Crippen LogP contribution in [0.2, 0.25) is 0 Å². The first-order valence-corrected chi connectivity index (χ1v) is 9.13. The van der Waals surface area contributed by atoms with Crippen LogP contribution in [-0.2, 0) is 0 Å². The Labute approximate surface area is 159 Å². The third-order valence-corrected chi connectivity index (χ3v) is 4.96. The lowest BCUT2D eigenvalue weighted by Gasteiger charge is -2.30. The Morgan fingerprint density at radius 1 is 1.08 bits per heavy atom. The molecular weight excluding hydrogens is 319 g/mol. The molecule has 0 nitrogen and oxygen atoms in total. The van der Waals surface area contributed by atoms with Crippen LogP contribution >= 0.6 is 0 Å². The van der Waals surface area contributed by atoms with Crippen LogP contribution in [-0.4, -0.2) is 0 Å². The lowest BCUT2D eigenvalue weighted by Crippen LogP contribution is -2.16. The molecule has 0 amide bonds. The molecule has 0 radical (unpaired) electrons. The van der Waals surface area contributed by atoms with Crippen LogP contribution in [0.25, 0.3) is 5.57 Å². The predicted molar refractivity (Wildman–Crippen MR) is 115 cm³/mol. The van der Waals surface area contributed by atoms with Gasteiger partial charge in [0.05, 0.1) is 0 Å². The van der Waals surface area contributed by atoms with E-state index in [-0.39, 0.29) is 11.2 Å². The van der Waals surface area contributed by atoms with Crippen LogP contribution in [0.3, 0.4) is 0 Å². The maximum atomic E-state index is 13.8.